The maximum atomic E-state index is 8.95. The third-order valence-corrected chi connectivity index (χ3v) is 6.13. The van der Waals surface area contributed by atoms with Crippen molar-refractivity contribution in [2.24, 2.45) is 0 Å². The fourth-order valence-electron chi connectivity index (χ4n) is 3.45. The molecule has 0 N–H and O–H groups in total. The molecule has 1 fully saturated rings. The monoisotopic (exact) mass is 400 g/mol. The van der Waals surface area contributed by atoms with Crippen molar-refractivity contribution in [1.29, 1.82) is 5.26 Å². The molecule has 7 nitrogen and oxygen atoms in total. The number of benzene rings is 1. The Kier molecular flexibility index (Phi) is 4.65. The van der Waals surface area contributed by atoms with Crippen LogP contribution in [0.15, 0.2) is 12.4 Å². The molecule has 0 aliphatic carbocycles. The molecule has 1 aromatic heterocycles. The second-order valence-corrected chi connectivity index (χ2v) is 8.41. The van der Waals surface area contributed by atoms with Crippen LogP contribution >= 0.6 is 11.6 Å². The fraction of sp³-hybridized carbons (Fsp3) is 0.526. The van der Waals surface area contributed by atoms with Crippen LogP contribution in [-0.2, 0) is 9.31 Å². The molecular formula is C19H22BClN4O3. The van der Waals surface area contributed by atoms with E-state index < -0.39 is 18.3 Å². The first-order valence-electron chi connectivity index (χ1n) is 9.32. The summed E-state index contributed by atoms with van der Waals surface area (Å²) >= 11 is 6.77. The third-order valence-electron chi connectivity index (χ3n) is 5.74. The molecule has 146 valence electrons. The maximum Gasteiger partial charge on any atom is 0.496 e. The van der Waals surface area contributed by atoms with E-state index in [9.17, 15) is 0 Å². The highest BCUT2D eigenvalue weighted by atomic mass is 35.5. The van der Waals surface area contributed by atoms with Gasteiger partial charge in [-0.05, 0) is 33.8 Å². The number of nitriles is 1. The minimum Gasteiger partial charge on any atom is -0.489 e. The van der Waals surface area contributed by atoms with Crippen LogP contribution in [0.5, 0.6) is 5.75 Å². The van der Waals surface area contributed by atoms with Gasteiger partial charge in [0.05, 0.1) is 46.2 Å². The molecule has 28 heavy (non-hydrogen) atoms. The average Bonchev–Trinajstić information content (AvgIpc) is 2.77. The van der Waals surface area contributed by atoms with E-state index in [0.29, 0.717) is 47.9 Å². The predicted molar refractivity (Wildman–Crippen MR) is 108 cm³/mol. The number of halogens is 1. The van der Waals surface area contributed by atoms with Crippen molar-refractivity contribution in [3.05, 3.63) is 17.4 Å². The molecule has 2 aliphatic rings. The lowest BCUT2D eigenvalue weighted by Gasteiger charge is -2.32. The first-order chi connectivity index (χ1) is 13.2. The minimum atomic E-state index is -0.613. The number of nitrogens with zero attached hydrogens (tertiary/aromatic N) is 4. The molecule has 2 aromatic rings. The summed E-state index contributed by atoms with van der Waals surface area (Å²) in [6.45, 7) is 9.62. The van der Waals surface area contributed by atoms with Crippen molar-refractivity contribution in [3.63, 3.8) is 0 Å². The van der Waals surface area contributed by atoms with Crippen LogP contribution in [0.25, 0.3) is 10.9 Å². The largest absolute Gasteiger partial charge is 0.496 e. The van der Waals surface area contributed by atoms with Crippen LogP contribution < -0.4 is 15.1 Å². The van der Waals surface area contributed by atoms with Gasteiger partial charge in [0, 0.05) is 12.0 Å². The molecular weight excluding hydrogens is 378 g/mol. The number of ether oxygens (including phenoxy) is 1. The molecule has 0 bridgehead atoms. The van der Waals surface area contributed by atoms with Gasteiger partial charge in [0.1, 0.15) is 18.8 Å². The Morgan fingerprint density at radius 1 is 1.25 bits per heavy atom. The van der Waals surface area contributed by atoms with Crippen molar-refractivity contribution in [2.45, 2.75) is 45.3 Å². The van der Waals surface area contributed by atoms with Gasteiger partial charge in [0.25, 0.3) is 0 Å². The molecule has 0 spiro atoms. The zero-order valence-corrected chi connectivity index (χ0v) is 17.2. The van der Waals surface area contributed by atoms with Gasteiger partial charge in [0.15, 0.2) is 5.75 Å². The molecule has 4 rings (SSSR count). The second kappa shape index (κ2) is 6.76. The summed E-state index contributed by atoms with van der Waals surface area (Å²) in [5, 5.41) is 10.2. The molecule has 9 heteroatoms. The maximum absolute atomic E-state index is 8.95. The van der Waals surface area contributed by atoms with Crippen molar-refractivity contribution in [2.75, 3.05) is 24.6 Å². The first-order valence-corrected chi connectivity index (χ1v) is 9.70. The van der Waals surface area contributed by atoms with Gasteiger partial charge in [-0.15, -0.1) is 0 Å². The van der Waals surface area contributed by atoms with Gasteiger partial charge < -0.3 is 18.9 Å². The van der Waals surface area contributed by atoms with E-state index >= 15 is 0 Å². The summed E-state index contributed by atoms with van der Waals surface area (Å²) in [5.41, 5.74) is 0.446. The first kappa shape index (κ1) is 19.3. The predicted octanol–water partition coefficient (Wildman–Crippen LogP) is 2.69. The summed E-state index contributed by atoms with van der Waals surface area (Å²) in [6.07, 6.45) is 1.93. The van der Waals surface area contributed by atoms with Gasteiger partial charge in [-0.1, -0.05) is 11.6 Å². The third kappa shape index (κ3) is 2.98. The van der Waals surface area contributed by atoms with Crippen LogP contribution in [0.2, 0.25) is 5.02 Å². The average molecular weight is 401 g/mol. The van der Waals surface area contributed by atoms with Crippen LogP contribution in [-0.4, -0.2) is 48.0 Å². The summed E-state index contributed by atoms with van der Waals surface area (Å²) in [5.74, 6) is 1.27. The summed E-state index contributed by atoms with van der Waals surface area (Å²) in [4.78, 5) is 10.9. The van der Waals surface area contributed by atoms with E-state index in [0.717, 1.165) is 11.2 Å². The van der Waals surface area contributed by atoms with Gasteiger partial charge in [0.2, 0.25) is 0 Å². The summed E-state index contributed by atoms with van der Waals surface area (Å²) in [6, 6.07) is 4.06. The summed E-state index contributed by atoms with van der Waals surface area (Å²) < 4.78 is 18.4. The zero-order chi connectivity index (χ0) is 20.1. The van der Waals surface area contributed by atoms with E-state index in [-0.39, 0.29) is 0 Å². The number of hydrogen-bond acceptors (Lipinski definition) is 7. The Hall–Kier alpha value is -2.08. The van der Waals surface area contributed by atoms with Crippen LogP contribution in [0.3, 0.4) is 0 Å². The normalized spacial score (nSPS) is 20.0. The van der Waals surface area contributed by atoms with Crippen molar-refractivity contribution in [1.82, 2.24) is 9.97 Å². The standard InChI is InChI=1S/C19H22BClN4O3/c1-18(2)19(3,4)28-20(27-18)12-10-13-14-16(15(12)21)26-9-8-25(7-5-6-22)17(14)24-11-23-13/h10-11H,5,7-9H2,1-4H3. The molecule has 0 amide bonds. The van der Waals surface area contributed by atoms with E-state index in [1.807, 2.05) is 38.7 Å². The zero-order valence-electron chi connectivity index (χ0n) is 16.5. The number of aromatic nitrogens is 2. The Labute approximate surface area is 169 Å². The Morgan fingerprint density at radius 2 is 1.96 bits per heavy atom. The second-order valence-electron chi connectivity index (χ2n) is 8.03. The Bertz CT molecular complexity index is 960. The lowest BCUT2D eigenvalue weighted by atomic mass is 9.78. The van der Waals surface area contributed by atoms with Crippen LogP contribution in [0.1, 0.15) is 34.1 Å². The van der Waals surface area contributed by atoms with Gasteiger partial charge in [-0.2, -0.15) is 5.26 Å². The van der Waals surface area contributed by atoms with E-state index in [1.165, 1.54) is 6.33 Å². The van der Waals surface area contributed by atoms with Gasteiger partial charge >= 0.3 is 7.12 Å². The lowest BCUT2D eigenvalue weighted by Crippen LogP contribution is -2.41. The fourth-order valence-corrected chi connectivity index (χ4v) is 3.74. The molecule has 0 saturated carbocycles. The van der Waals surface area contributed by atoms with Crippen LogP contribution in [0.4, 0.5) is 5.82 Å². The molecule has 2 aliphatic heterocycles. The summed E-state index contributed by atoms with van der Waals surface area (Å²) in [7, 11) is -0.613. The number of anilines is 1. The quantitative estimate of drug-likeness (QED) is 0.733. The smallest absolute Gasteiger partial charge is 0.489 e. The van der Waals surface area contributed by atoms with E-state index in [1.54, 1.807) is 0 Å². The van der Waals surface area contributed by atoms with Crippen molar-refractivity contribution >= 4 is 40.9 Å². The Morgan fingerprint density at radius 3 is 2.64 bits per heavy atom. The minimum absolute atomic E-state index is 0.403. The Balaban J connectivity index is 1.84. The number of rotatable bonds is 3. The van der Waals surface area contributed by atoms with Crippen LogP contribution in [0, 0.1) is 11.3 Å². The van der Waals surface area contributed by atoms with Gasteiger partial charge in [-0.25, -0.2) is 9.97 Å². The van der Waals surface area contributed by atoms with Gasteiger partial charge in [-0.3, -0.25) is 0 Å². The highest BCUT2D eigenvalue weighted by Gasteiger charge is 2.52. The van der Waals surface area contributed by atoms with E-state index in [4.69, 9.17) is 30.9 Å². The lowest BCUT2D eigenvalue weighted by molar-refractivity contribution is 0.00578. The molecule has 3 heterocycles. The molecule has 1 saturated heterocycles. The highest BCUT2D eigenvalue weighted by molar-refractivity contribution is 6.66. The molecule has 0 radical (unpaired) electrons. The molecule has 1 aromatic carbocycles. The molecule has 0 unspecified atom stereocenters. The topological polar surface area (TPSA) is 80.5 Å². The SMILES string of the molecule is CC1(C)OB(c2cc3ncnc4c3c(c2Cl)OCCN4CCC#N)OC1(C)C. The van der Waals surface area contributed by atoms with Crippen molar-refractivity contribution < 1.29 is 14.0 Å². The number of hydrogen-bond donors (Lipinski definition) is 0. The highest BCUT2D eigenvalue weighted by Crippen LogP contribution is 2.41. The van der Waals surface area contributed by atoms with Crippen molar-refractivity contribution in [3.8, 4) is 11.8 Å². The van der Waals surface area contributed by atoms with E-state index in [2.05, 4.69) is 16.0 Å². The molecule has 0 atom stereocenters.